The third-order valence-corrected chi connectivity index (χ3v) is 5.43. The molecule has 3 aromatic rings. The van der Waals surface area contributed by atoms with Gasteiger partial charge in [0.15, 0.2) is 11.5 Å². The van der Waals surface area contributed by atoms with Crippen LogP contribution >= 0.6 is 11.6 Å². The van der Waals surface area contributed by atoms with Crippen LogP contribution in [-0.2, 0) is 17.8 Å². The smallest absolute Gasteiger partial charge is 0.335 e. The SMILES string of the molecule is C=CCc1cc(/C=C(\C#N)C(=O)Nc2ccc(Cl)cc2)cc(OCC)c1OCc1ccc(C(=O)O)cc1. The van der Waals surface area contributed by atoms with E-state index in [4.69, 9.17) is 26.2 Å². The summed E-state index contributed by atoms with van der Waals surface area (Å²) in [4.78, 5) is 23.8. The highest BCUT2D eigenvalue weighted by Gasteiger charge is 2.16. The maximum atomic E-state index is 12.7. The van der Waals surface area contributed by atoms with Gasteiger partial charge in [-0.2, -0.15) is 5.26 Å². The van der Waals surface area contributed by atoms with Crippen LogP contribution in [0.4, 0.5) is 5.69 Å². The van der Waals surface area contributed by atoms with E-state index in [0.717, 1.165) is 11.1 Å². The van der Waals surface area contributed by atoms with Crippen LogP contribution in [0.1, 0.15) is 34.0 Å². The zero-order valence-electron chi connectivity index (χ0n) is 20.2. The first-order valence-corrected chi connectivity index (χ1v) is 11.8. The number of carbonyl (C=O) groups is 2. The molecule has 0 atom stereocenters. The topological polar surface area (TPSA) is 109 Å². The molecule has 0 aromatic heterocycles. The molecule has 0 unspecified atom stereocenters. The number of allylic oxidation sites excluding steroid dienone is 1. The highest BCUT2D eigenvalue weighted by molar-refractivity contribution is 6.30. The Morgan fingerprint density at radius 1 is 1.11 bits per heavy atom. The molecule has 0 aliphatic rings. The van der Waals surface area contributed by atoms with Gasteiger partial charge in [0.25, 0.3) is 5.91 Å². The predicted molar refractivity (Wildman–Crippen MR) is 143 cm³/mol. The Kier molecular flexibility index (Phi) is 9.48. The highest BCUT2D eigenvalue weighted by Crippen LogP contribution is 2.35. The number of anilines is 1. The van der Waals surface area contributed by atoms with E-state index in [1.165, 1.54) is 18.2 Å². The minimum absolute atomic E-state index is 0.0888. The summed E-state index contributed by atoms with van der Waals surface area (Å²) in [5.41, 5.74) is 2.74. The first-order chi connectivity index (χ1) is 17.8. The summed E-state index contributed by atoms with van der Waals surface area (Å²) >= 11 is 5.89. The largest absolute Gasteiger partial charge is 0.490 e. The van der Waals surface area contributed by atoms with E-state index < -0.39 is 11.9 Å². The Morgan fingerprint density at radius 3 is 2.41 bits per heavy atom. The molecule has 7 nitrogen and oxygen atoms in total. The van der Waals surface area contributed by atoms with E-state index in [2.05, 4.69) is 11.9 Å². The second-order valence-electron chi connectivity index (χ2n) is 7.85. The van der Waals surface area contributed by atoms with E-state index in [1.54, 1.807) is 54.6 Å². The van der Waals surface area contributed by atoms with Gasteiger partial charge in [-0.05, 0) is 79.1 Å². The number of nitrogens with one attached hydrogen (secondary N) is 1. The average molecular weight is 517 g/mol. The molecule has 2 N–H and O–H groups in total. The van der Waals surface area contributed by atoms with Gasteiger partial charge in [-0.1, -0.05) is 29.8 Å². The molecule has 0 heterocycles. The van der Waals surface area contributed by atoms with Crippen molar-refractivity contribution in [1.82, 2.24) is 0 Å². The quantitative estimate of drug-likeness (QED) is 0.176. The van der Waals surface area contributed by atoms with Crippen molar-refractivity contribution in [3.63, 3.8) is 0 Å². The summed E-state index contributed by atoms with van der Waals surface area (Å²) in [7, 11) is 0. The first-order valence-electron chi connectivity index (χ1n) is 11.4. The van der Waals surface area contributed by atoms with Crippen LogP contribution in [0.25, 0.3) is 6.08 Å². The normalized spacial score (nSPS) is 10.8. The number of ether oxygens (including phenoxy) is 2. The van der Waals surface area contributed by atoms with Crippen molar-refractivity contribution < 1.29 is 24.2 Å². The fourth-order valence-electron chi connectivity index (χ4n) is 3.45. The molecule has 0 aliphatic carbocycles. The maximum Gasteiger partial charge on any atom is 0.335 e. The number of hydrogen-bond donors (Lipinski definition) is 2. The van der Waals surface area contributed by atoms with Crippen LogP contribution in [0.15, 0.2) is 78.9 Å². The third kappa shape index (κ3) is 7.47. The summed E-state index contributed by atoms with van der Waals surface area (Å²) in [6.07, 6.45) is 3.65. The predicted octanol–water partition coefficient (Wildman–Crippen LogP) is 6.29. The van der Waals surface area contributed by atoms with Gasteiger partial charge < -0.3 is 19.9 Å². The van der Waals surface area contributed by atoms with E-state index in [-0.39, 0.29) is 17.7 Å². The van der Waals surface area contributed by atoms with E-state index in [9.17, 15) is 14.9 Å². The van der Waals surface area contributed by atoms with E-state index in [0.29, 0.717) is 40.8 Å². The lowest BCUT2D eigenvalue weighted by Gasteiger charge is -2.17. The molecule has 37 heavy (non-hydrogen) atoms. The van der Waals surface area contributed by atoms with Crippen LogP contribution in [0.2, 0.25) is 5.02 Å². The standard InChI is InChI=1S/C29H25ClN2O5/c1-3-5-22-14-20(15-23(17-31)28(33)32-25-12-10-24(30)11-13-25)16-26(36-4-2)27(22)37-18-19-6-8-21(9-7-19)29(34)35/h3,6-16H,1,4-5,18H2,2H3,(H,32,33)(H,34,35)/b23-15+. The molecule has 0 aliphatic heterocycles. The fraction of sp³-hybridized carbons (Fsp3) is 0.138. The lowest BCUT2D eigenvalue weighted by molar-refractivity contribution is -0.112. The summed E-state index contributed by atoms with van der Waals surface area (Å²) in [5, 5.41) is 21.9. The van der Waals surface area contributed by atoms with E-state index in [1.807, 2.05) is 13.0 Å². The summed E-state index contributed by atoms with van der Waals surface area (Å²) in [6, 6.07) is 18.4. The Morgan fingerprint density at radius 2 is 1.81 bits per heavy atom. The molecule has 0 bridgehead atoms. The van der Waals surface area contributed by atoms with Gasteiger partial charge in [0, 0.05) is 16.3 Å². The molecule has 0 saturated heterocycles. The van der Waals surface area contributed by atoms with Crippen LogP contribution in [0.3, 0.4) is 0 Å². The van der Waals surface area contributed by atoms with Gasteiger partial charge in [-0.3, -0.25) is 4.79 Å². The van der Waals surface area contributed by atoms with Crippen molar-refractivity contribution in [2.24, 2.45) is 0 Å². The zero-order valence-corrected chi connectivity index (χ0v) is 20.9. The van der Waals surface area contributed by atoms with Gasteiger partial charge in [0.05, 0.1) is 12.2 Å². The second-order valence-corrected chi connectivity index (χ2v) is 8.29. The van der Waals surface area contributed by atoms with Crippen molar-refractivity contribution in [3.05, 3.63) is 106 Å². The zero-order chi connectivity index (χ0) is 26.8. The fourth-order valence-corrected chi connectivity index (χ4v) is 3.57. The van der Waals surface area contributed by atoms with Crippen molar-refractivity contribution in [2.75, 3.05) is 11.9 Å². The van der Waals surface area contributed by atoms with Crippen molar-refractivity contribution in [1.29, 1.82) is 5.26 Å². The number of carboxylic acids is 1. The van der Waals surface area contributed by atoms with Crippen molar-refractivity contribution in [3.8, 4) is 17.6 Å². The van der Waals surface area contributed by atoms with Gasteiger partial charge in [0.2, 0.25) is 0 Å². The molecule has 188 valence electrons. The molecular formula is C29H25ClN2O5. The molecule has 3 aromatic carbocycles. The summed E-state index contributed by atoms with van der Waals surface area (Å²) in [5.74, 6) is -0.601. The lowest BCUT2D eigenvalue weighted by Crippen LogP contribution is -2.13. The van der Waals surface area contributed by atoms with Crippen LogP contribution < -0.4 is 14.8 Å². The Labute approximate surface area is 220 Å². The number of carbonyl (C=O) groups excluding carboxylic acids is 1. The maximum absolute atomic E-state index is 12.7. The number of nitrogens with zero attached hydrogens (tertiary/aromatic N) is 1. The molecule has 0 saturated carbocycles. The van der Waals surface area contributed by atoms with Crippen LogP contribution in [0.5, 0.6) is 11.5 Å². The molecular weight excluding hydrogens is 492 g/mol. The van der Waals surface area contributed by atoms with Gasteiger partial charge >= 0.3 is 5.97 Å². The molecule has 0 spiro atoms. The minimum Gasteiger partial charge on any atom is -0.490 e. The third-order valence-electron chi connectivity index (χ3n) is 5.18. The van der Waals surface area contributed by atoms with Crippen LogP contribution in [0, 0.1) is 11.3 Å². The van der Waals surface area contributed by atoms with E-state index >= 15 is 0 Å². The molecule has 8 heteroatoms. The first kappa shape index (κ1) is 27.1. The van der Waals surface area contributed by atoms with Gasteiger partial charge in [0.1, 0.15) is 18.2 Å². The monoisotopic (exact) mass is 516 g/mol. The number of nitriles is 1. The summed E-state index contributed by atoms with van der Waals surface area (Å²) < 4.78 is 11.9. The number of halogens is 1. The second kappa shape index (κ2) is 13.0. The number of benzene rings is 3. The Bertz CT molecular complexity index is 1360. The highest BCUT2D eigenvalue weighted by atomic mass is 35.5. The number of rotatable bonds is 11. The number of amides is 1. The lowest BCUT2D eigenvalue weighted by atomic mass is 10.0. The molecule has 0 radical (unpaired) electrons. The van der Waals surface area contributed by atoms with Crippen LogP contribution in [-0.4, -0.2) is 23.6 Å². The summed E-state index contributed by atoms with van der Waals surface area (Å²) in [6.45, 7) is 6.20. The van der Waals surface area contributed by atoms with Gasteiger partial charge in [-0.25, -0.2) is 4.79 Å². The number of hydrogen-bond acceptors (Lipinski definition) is 5. The Balaban J connectivity index is 1.90. The average Bonchev–Trinajstić information content (AvgIpc) is 2.88. The molecule has 3 rings (SSSR count). The van der Waals surface area contributed by atoms with Gasteiger partial charge in [-0.15, -0.1) is 6.58 Å². The minimum atomic E-state index is -0.999. The molecule has 1 amide bonds. The van der Waals surface area contributed by atoms with Crippen molar-refractivity contribution in [2.45, 2.75) is 20.0 Å². The molecule has 0 fully saturated rings. The number of carboxylic acid groups (broad SMARTS) is 1. The Hall–Kier alpha value is -4.54. The van der Waals surface area contributed by atoms with Crippen molar-refractivity contribution >= 4 is 35.2 Å². The number of aromatic carboxylic acids is 1.